The molecule has 0 bridgehead atoms. The second-order valence-corrected chi connectivity index (χ2v) is 4.36. The molecule has 1 aliphatic rings. The summed E-state index contributed by atoms with van der Waals surface area (Å²) in [6.07, 6.45) is 3.13. The number of alkyl halides is 2. The number of aromatic nitrogens is 1. The highest BCUT2D eigenvalue weighted by molar-refractivity contribution is 5.79. The topological polar surface area (TPSA) is 34.0 Å². The van der Waals surface area contributed by atoms with Crippen LogP contribution in [0, 0.1) is 5.92 Å². The molecule has 0 radical (unpaired) electrons. The Bertz CT molecular complexity index is 392. The SMILES string of the molecule is Cn1ccc(CNC(=O)C2CC(F)(F)C2)c1. The number of hydrogen-bond donors (Lipinski definition) is 1. The molecule has 1 saturated carbocycles. The third-order valence-electron chi connectivity index (χ3n) is 2.82. The molecular formula is C11H14F2N2O. The van der Waals surface area contributed by atoms with Crippen LogP contribution in [0.4, 0.5) is 8.78 Å². The van der Waals surface area contributed by atoms with Crippen LogP contribution in [-0.4, -0.2) is 16.4 Å². The Morgan fingerprint density at radius 3 is 2.81 bits per heavy atom. The standard InChI is InChI=1S/C11H14F2N2O/c1-15-3-2-8(7-15)6-14-10(16)9-4-11(12,13)5-9/h2-3,7,9H,4-6H2,1H3,(H,14,16). The molecule has 1 fully saturated rings. The monoisotopic (exact) mass is 228 g/mol. The first-order valence-electron chi connectivity index (χ1n) is 5.23. The summed E-state index contributed by atoms with van der Waals surface area (Å²) in [6, 6.07) is 1.88. The fraction of sp³-hybridized carbons (Fsp3) is 0.545. The van der Waals surface area contributed by atoms with E-state index in [0.29, 0.717) is 6.54 Å². The maximum absolute atomic E-state index is 12.5. The first-order chi connectivity index (χ1) is 7.46. The molecule has 1 aliphatic carbocycles. The molecule has 0 atom stereocenters. The molecular weight excluding hydrogens is 214 g/mol. The lowest BCUT2D eigenvalue weighted by Gasteiger charge is -2.33. The summed E-state index contributed by atoms with van der Waals surface area (Å²) < 4.78 is 26.9. The van der Waals surface area contributed by atoms with E-state index in [-0.39, 0.29) is 18.7 Å². The van der Waals surface area contributed by atoms with E-state index >= 15 is 0 Å². The van der Waals surface area contributed by atoms with Crippen molar-refractivity contribution in [3.63, 3.8) is 0 Å². The molecule has 2 rings (SSSR count). The minimum absolute atomic E-state index is 0.269. The molecule has 1 heterocycles. The highest BCUT2D eigenvalue weighted by Gasteiger charge is 2.48. The number of aryl methyl sites for hydroxylation is 1. The Balaban J connectivity index is 1.77. The smallest absolute Gasteiger partial charge is 0.249 e. The van der Waals surface area contributed by atoms with Gasteiger partial charge in [-0.25, -0.2) is 8.78 Å². The Hall–Kier alpha value is -1.39. The summed E-state index contributed by atoms with van der Waals surface area (Å²) in [6.45, 7) is 0.405. The van der Waals surface area contributed by atoms with Crippen LogP contribution in [0.3, 0.4) is 0 Å². The van der Waals surface area contributed by atoms with Gasteiger partial charge in [0.2, 0.25) is 11.8 Å². The zero-order valence-electron chi connectivity index (χ0n) is 9.04. The van der Waals surface area contributed by atoms with E-state index in [9.17, 15) is 13.6 Å². The van der Waals surface area contributed by atoms with Crippen molar-refractivity contribution in [3.8, 4) is 0 Å². The van der Waals surface area contributed by atoms with E-state index in [2.05, 4.69) is 5.32 Å². The molecule has 1 aromatic rings. The largest absolute Gasteiger partial charge is 0.357 e. The summed E-state index contributed by atoms with van der Waals surface area (Å²) in [7, 11) is 1.89. The molecule has 1 amide bonds. The van der Waals surface area contributed by atoms with E-state index in [4.69, 9.17) is 0 Å². The lowest BCUT2D eigenvalue weighted by atomic mass is 9.81. The molecule has 16 heavy (non-hydrogen) atoms. The average Bonchev–Trinajstić information content (AvgIpc) is 2.57. The van der Waals surface area contributed by atoms with Gasteiger partial charge in [0.1, 0.15) is 0 Å². The molecule has 0 unspecified atom stereocenters. The van der Waals surface area contributed by atoms with Crippen molar-refractivity contribution in [2.75, 3.05) is 0 Å². The fourth-order valence-corrected chi connectivity index (χ4v) is 1.85. The third kappa shape index (κ3) is 2.40. The van der Waals surface area contributed by atoms with Crippen molar-refractivity contribution < 1.29 is 13.6 Å². The Labute approximate surface area is 92.4 Å². The van der Waals surface area contributed by atoms with Crippen LogP contribution >= 0.6 is 0 Å². The van der Waals surface area contributed by atoms with Crippen molar-refractivity contribution in [2.24, 2.45) is 13.0 Å². The molecule has 0 spiro atoms. The molecule has 88 valence electrons. The molecule has 5 heteroatoms. The molecule has 0 aliphatic heterocycles. The average molecular weight is 228 g/mol. The van der Waals surface area contributed by atoms with Gasteiger partial charge in [-0.3, -0.25) is 4.79 Å². The number of nitrogens with one attached hydrogen (secondary N) is 1. The Morgan fingerprint density at radius 2 is 2.31 bits per heavy atom. The molecule has 0 saturated heterocycles. The molecule has 3 nitrogen and oxygen atoms in total. The second kappa shape index (κ2) is 3.88. The molecule has 1 aromatic heterocycles. The van der Waals surface area contributed by atoms with Crippen molar-refractivity contribution in [3.05, 3.63) is 24.0 Å². The number of carbonyl (C=O) groups is 1. The highest BCUT2D eigenvalue weighted by Crippen LogP contribution is 2.42. The van der Waals surface area contributed by atoms with E-state index < -0.39 is 11.8 Å². The number of rotatable bonds is 3. The minimum Gasteiger partial charge on any atom is -0.357 e. The van der Waals surface area contributed by atoms with Crippen LogP contribution in [0.15, 0.2) is 18.5 Å². The number of hydrogen-bond acceptors (Lipinski definition) is 1. The third-order valence-corrected chi connectivity index (χ3v) is 2.82. The maximum atomic E-state index is 12.5. The molecule has 1 N–H and O–H groups in total. The van der Waals surface area contributed by atoms with Crippen LogP contribution in [0.1, 0.15) is 18.4 Å². The van der Waals surface area contributed by atoms with Gasteiger partial charge in [0.15, 0.2) is 0 Å². The van der Waals surface area contributed by atoms with Crippen molar-refractivity contribution >= 4 is 5.91 Å². The fourth-order valence-electron chi connectivity index (χ4n) is 1.85. The van der Waals surface area contributed by atoms with Crippen molar-refractivity contribution in [1.29, 1.82) is 0 Å². The number of halogens is 2. The predicted octanol–water partition coefficient (Wildman–Crippen LogP) is 1.69. The summed E-state index contributed by atoms with van der Waals surface area (Å²) in [5.41, 5.74) is 0.974. The van der Waals surface area contributed by atoms with Gasteiger partial charge in [-0.2, -0.15) is 0 Å². The van der Waals surface area contributed by atoms with Crippen LogP contribution in [0.25, 0.3) is 0 Å². The van der Waals surface area contributed by atoms with Crippen molar-refractivity contribution in [1.82, 2.24) is 9.88 Å². The van der Waals surface area contributed by atoms with Gasteiger partial charge in [0.05, 0.1) is 0 Å². The summed E-state index contributed by atoms with van der Waals surface area (Å²) in [5.74, 6) is -3.41. The second-order valence-electron chi connectivity index (χ2n) is 4.36. The molecule has 0 aromatic carbocycles. The highest BCUT2D eigenvalue weighted by atomic mass is 19.3. The zero-order valence-corrected chi connectivity index (χ0v) is 9.04. The van der Waals surface area contributed by atoms with Crippen LogP contribution < -0.4 is 5.32 Å². The number of carbonyl (C=O) groups excluding carboxylic acids is 1. The summed E-state index contributed by atoms with van der Waals surface area (Å²) >= 11 is 0. The lowest BCUT2D eigenvalue weighted by Crippen LogP contribution is -2.44. The van der Waals surface area contributed by atoms with Crippen LogP contribution in [0.2, 0.25) is 0 Å². The number of amides is 1. The summed E-state index contributed by atoms with van der Waals surface area (Å²) in [5, 5.41) is 2.67. The van der Waals surface area contributed by atoms with Gasteiger partial charge >= 0.3 is 0 Å². The quantitative estimate of drug-likeness (QED) is 0.839. The van der Waals surface area contributed by atoms with Crippen LogP contribution in [0.5, 0.6) is 0 Å². The minimum atomic E-state index is -2.63. The Kier molecular flexibility index (Phi) is 2.69. The van der Waals surface area contributed by atoms with Gasteiger partial charge < -0.3 is 9.88 Å². The van der Waals surface area contributed by atoms with Gasteiger partial charge in [-0.1, -0.05) is 0 Å². The normalized spacial score (nSPS) is 19.2. The lowest BCUT2D eigenvalue weighted by molar-refractivity contribution is -0.150. The zero-order chi connectivity index (χ0) is 11.8. The van der Waals surface area contributed by atoms with Crippen molar-refractivity contribution in [2.45, 2.75) is 25.3 Å². The first kappa shape index (κ1) is 11.1. The van der Waals surface area contributed by atoms with Crippen LogP contribution in [-0.2, 0) is 18.4 Å². The van der Waals surface area contributed by atoms with Gasteiger partial charge in [0, 0.05) is 44.7 Å². The Morgan fingerprint density at radius 1 is 1.62 bits per heavy atom. The first-order valence-corrected chi connectivity index (χ1v) is 5.23. The van der Waals surface area contributed by atoms with Gasteiger partial charge in [0.25, 0.3) is 0 Å². The summed E-state index contributed by atoms with van der Waals surface area (Å²) in [4.78, 5) is 11.4. The maximum Gasteiger partial charge on any atom is 0.249 e. The van der Waals surface area contributed by atoms with E-state index in [1.54, 1.807) is 0 Å². The predicted molar refractivity (Wildman–Crippen MR) is 54.9 cm³/mol. The van der Waals surface area contributed by atoms with Gasteiger partial charge in [-0.15, -0.1) is 0 Å². The van der Waals surface area contributed by atoms with Gasteiger partial charge in [-0.05, 0) is 11.6 Å². The van der Waals surface area contributed by atoms with E-state index in [0.717, 1.165) is 5.56 Å². The van der Waals surface area contributed by atoms with E-state index in [1.165, 1.54) is 0 Å². The number of nitrogens with zero attached hydrogens (tertiary/aromatic N) is 1. The van der Waals surface area contributed by atoms with E-state index in [1.807, 2.05) is 30.1 Å².